The van der Waals surface area contributed by atoms with Crippen LogP contribution in [0.15, 0.2) is 53.7 Å². The smallest absolute Gasteiger partial charge is 0.251 e. The first-order valence-corrected chi connectivity index (χ1v) is 9.99. The molecule has 1 fully saturated rings. The summed E-state index contributed by atoms with van der Waals surface area (Å²) in [5.41, 5.74) is 1.21. The summed E-state index contributed by atoms with van der Waals surface area (Å²) in [5.74, 6) is -0.311. The van der Waals surface area contributed by atoms with E-state index in [1.165, 1.54) is 15.3 Å². The third-order valence-electron chi connectivity index (χ3n) is 4.49. The third-order valence-corrected chi connectivity index (χ3v) is 6.38. The second kappa shape index (κ2) is 7.94. The summed E-state index contributed by atoms with van der Waals surface area (Å²) in [7, 11) is -1.53. The molecule has 1 aliphatic heterocycles. The highest BCUT2D eigenvalue weighted by Gasteiger charge is 2.29. The highest BCUT2D eigenvalue weighted by atomic mass is 32.2. The van der Waals surface area contributed by atoms with Gasteiger partial charge in [-0.3, -0.25) is 9.78 Å². The Labute approximate surface area is 153 Å². The van der Waals surface area contributed by atoms with Crippen molar-refractivity contribution < 1.29 is 18.1 Å². The summed E-state index contributed by atoms with van der Waals surface area (Å²) in [6.07, 6.45) is 3.34. The molecular formula is C18H23N4O3S+. The third kappa shape index (κ3) is 4.27. The van der Waals surface area contributed by atoms with Gasteiger partial charge in [-0.15, -0.1) is 0 Å². The number of sulfonamides is 1. The molecule has 3 rings (SSSR count). The lowest BCUT2D eigenvalue weighted by Gasteiger charge is -2.29. The lowest BCUT2D eigenvalue weighted by Crippen LogP contribution is -3.12. The number of benzene rings is 1. The number of amides is 1. The van der Waals surface area contributed by atoms with Crippen LogP contribution in [0.3, 0.4) is 0 Å². The molecule has 1 aromatic heterocycles. The summed E-state index contributed by atoms with van der Waals surface area (Å²) in [4.78, 5) is 17.9. The average molecular weight is 375 g/mol. The van der Waals surface area contributed by atoms with E-state index in [-0.39, 0.29) is 10.8 Å². The van der Waals surface area contributed by atoms with Gasteiger partial charge in [0.25, 0.3) is 5.91 Å². The second-order valence-corrected chi connectivity index (χ2v) is 8.37. The predicted molar refractivity (Wildman–Crippen MR) is 97.2 cm³/mol. The van der Waals surface area contributed by atoms with Crippen molar-refractivity contribution in [1.82, 2.24) is 14.6 Å². The van der Waals surface area contributed by atoms with E-state index in [1.807, 2.05) is 6.07 Å². The molecule has 0 unspecified atom stereocenters. The minimum Gasteiger partial charge on any atom is -0.348 e. The number of piperazine rings is 1. The molecule has 7 nitrogen and oxygen atoms in total. The summed E-state index contributed by atoms with van der Waals surface area (Å²) < 4.78 is 27.1. The molecule has 1 amide bonds. The molecule has 2 N–H and O–H groups in total. The molecule has 2 heterocycles. The highest BCUT2D eigenvalue weighted by molar-refractivity contribution is 7.89. The van der Waals surface area contributed by atoms with Crippen LogP contribution in [0.2, 0.25) is 0 Å². The van der Waals surface area contributed by atoms with E-state index < -0.39 is 10.0 Å². The van der Waals surface area contributed by atoms with Crippen molar-refractivity contribution in [2.24, 2.45) is 0 Å². The fraction of sp³-hybridized carbons (Fsp3) is 0.333. The molecule has 26 heavy (non-hydrogen) atoms. The van der Waals surface area contributed by atoms with Gasteiger partial charge in [-0.2, -0.15) is 4.31 Å². The molecule has 1 aliphatic rings. The van der Waals surface area contributed by atoms with Gasteiger partial charge in [0.15, 0.2) is 0 Å². The van der Waals surface area contributed by atoms with E-state index >= 15 is 0 Å². The number of hydrogen-bond donors (Lipinski definition) is 2. The van der Waals surface area contributed by atoms with Gasteiger partial charge in [0.2, 0.25) is 10.0 Å². The number of carbonyl (C=O) groups is 1. The molecule has 0 radical (unpaired) electrons. The molecule has 0 saturated carbocycles. The van der Waals surface area contributed by atoms with E-state index in [4.69, 9.17) is 0 Å². The summed E-state index contributed by atoms with van der Waals surface area (Å²) in [6, 6.07) is 9.87. The lowest BCUT2D eigenvalue weighted by molar-refractivity contribution is -0.883. The minimum absolute atomic E-state index is 0.158. The van der Waals surface area contributed by atoms with Crippen LogP contribution in [0.25, 0.3) is 0 Å². The first-order valence-electron chi connectivity index (χ1n) is 8.55. The maximum atomic E-state index is 12.8. The number of nitrogens with one attached hydrogen (secondary N) is 2. The molecular weight excluding hydrogens is 352 g/mol. The Morgan fingerprint density at radius 3 is 2.69 bits per heavy atom. The van der Waals surface area contributed by atoms with Crippen molar-refractivity contribution in [3.8, 4) is 0 Å². The van der Waals surface area contributed by atoms with E-state index in [9.17, 15) is 13.2 Å². The number of aromatic nitrogens is 1. The van der Waals surface area contributed by atoms with Crippen LogP contribution >= 0.6 is 0 Å². The van der Waals surface area contributed by atoms with Crippen LogP contribution in [0.1, 0.15) is 15.9 Å². The summed E-state index contributed by atoms with van der Waals surface area (Å²) in [6.45, 7) is 2.89. The maximum absolute atomic E-state index is 12.8. The predicted octanol–water partition coefficient (Wildman–Crippen LogP) is -0.469. The number of likely N-dealkylation sites (N-methyl/N-ethyl adjacent to an activating group) is 1. The van der Waals surface area contributed by atoms with Crippen molar-refractivity contribution >= 4 is 15.9 Å². The number of carbonyl (C=O) groups excluding carboxylic acids is 1. The Morgan fingerprint density at radius 2 is 2.00 bits per heavy atom. The molecule has 0 aliphatic carbocycles. The summed E-state index contributed by atoms with van der Waals surface area (Å²) >= 11 is 0. The van der Waals surface area contributed by atoms with Gasteiger partial charge < -0.3 is 10.2 Å². The van der Waals surface area contributed by atoms with Gasteiger partial charge in [0.05, 0.1) is 38.1 Å². The van der Waals surface area contributed by atoms with Crippen molar-refractivity contribution in [2.75, 3.05) is 33.2 Å². The van der Waals surface area contributed by atoms with Crippen molar-refractivity contribution in [3.63, 3.8) is 0 Å². The molecule has 1 aromatic carbocycles. The Morgan fingerprint density at radius 1 is 1.23 bits per heavy atom. The minimum atomic E-state index is -3.58. The van der Waals surface area contributed by atoms with Gasteiger partial charge in [-0.1, -0.05) is 12.1 Å². The monoisotopic (exact) mass is 375 g/mol. The van der Waals surface area contributed by atoms with Crippen LogP contribution < -0.4 is 10.2 Å². The molecule has 0 atom stereocenters. The zero-order chi connectivity index (χ0) is 18.6. The number of quaternary nitrogens is 1. The van der Waals surface area contributed by atoms with Crippen molar-refractivity contribution in [3.05, 3.63) is 59.9 Å². The molecule has 1 saturated heterocycles. The quantitative estimate of drug-likeness (QED) is 0.740. The Balaban J connectivity index is 1.72. The van der Waals surface area contributed by atoms with E-state index in [1.54, 1.807) is 36.7 Å². The Kier molecular flexibility index (Phi) is 5.65. The average Bonchev–Trinajstić information content (AvgIpc) is 2.67. The Bertz CT molecular complexity index is 863. The SMILES string of the molecule is C[NH+]1CCN(S(=O)(=O)c2cccc(C(=O)NCc3cccnc3)c2)CC1. The van der Waals surface area contributed by atoms with Crippen LogP contribution in [0.5, 0.6) is 0 Å². The highest BCUT2D eigenvalue weighted by Crippen LogP contribution is 2.17. The van der Waals surface area contributed by atoms with E-state index in [0.717, 1.165) is 18.7 Å². The van der Waals surface area contributed by atoms with E-state index in [2.05, 4.69) is 17.3 Å². The number of pyridine rings is 1. The molecule has 8 heteroatoms. The van der Waals surface area contributed by atoms with Gasteiger partial charge >= 0.3 is 0 Å². The first kappa shape index (κ1) is 18.5. The second-order valence-electron chi connectivity index (χ2n) is 6.43. The lowest BCUT2D eigenvalue weighted by atomic mass is 10.2. The number of nitrogens with zero attached hydrogens (tertiary/aromatic N) is 2. The fourth-order valence-corrected chi connectivity index (χ4v) is 4.33. The van der Waals surface area contributed by atoms with Crippen LogP contribution in [0.4, 0.5) is 0 Å². The first-order chi connectivity index (χ1) is 12.5. The number of rotatable bonds is 5. The van der Waals surface area contributed by atoms with Crippen molar-refractivity contribution in [2.45, 2.75) is 11.4 Å². The van der Waals surface area contributed by atoms with Crippen LogP contribution in [0, 0.1) is 0 Å². The summed E-state index contributed by atoms with van der Waals surface area (Å²) in [5, 5.41) is 2.79. The largest absolute Gasteiger partial charge is 0.348 e. The normalized spacial score (nSPS) is 16.3. The zero-order valence-electron chi connectivity index (χ0n) is 14.7. The molecule has 0 spiro atoms. The van der Waals surface area contributed by atoms with E-state index in [0.29, 0.717) is 25.2 Å². The Hall–Kier alpha value is -2.29. The van der Waals surface area contributed by atoms with Crippen molar-refractivity contribution in [1.29, 1.82) is 0 Å². The molecule has 2 aromatic rings. The van der Waals surface area contributed by atoms with Gasteiger partial charge in [0, 0.05) is 24.5 Å². The maximum Gasteiger partial charge on any atom is 0.251 e. The van der Waals surface area contributed by atoms with Gasteiger partial charge in [0.1, 0.15) is 0 Å². The topological polar surface area (TPSA) is 83.8 Å². The van der Waals surface area contributed by atoms with Crippen LogP contribution in [-0.4, -0.2) is 56.8 Å². The fourth-order valence-electron chi connectivity index (χ4n) is 2.84. The van der Waals surface area contributed by atoms with Gasteiger partial charge in [-0.05, 0) is 29.8 Å². The molecule has 0 bridgehead atoms. The standard InChI is InChI=1S/C18H22N4O3S/c1-21-8-10-22(11-9-21)26(24,25)17-6-2-5-16(12-17)18(23)20-14-15-4-3-7-19-13-15/h2-7,12-13H,8-11,14H2,1H3,(H,20,23)/p+1. The van der Waals surface area contributed by atoms with Crippen LogP contribution in [-0.2, 0) is 16.6 Å². The van der Waals surface area contributed by atoms with Gasteiger partial charge in [-0.25, -0.2) is 8.42 Å². The molecule has 138 valence electrons. The zero-order valence-corrected chi connectivity index (χ0v) is 15.5. The number of hydrogen-bond acceptors (Lipinski definition) is 4.